The molecule has 1 fully saturated rings. The summed E-state index contributed by atoms with van der Waals surface area (Å²) in [6, 6.07) is 38.9. The molecule has 8 heteroatoms. The van der Waals surface area contributed by atoms with Crippen LogP contribution in [0.3, 0.4) is 0 Å². The second-order valence-electron chi connectivity index (χ2n) is 9.89. The zero-order valence-electron chi connectivity index (χ0n) is 22.5. The molecule has 0 atom stereocenters. The number of nitrogens with zero attached hydrogens (tertiary/aromatic N) is 5. The summed E-state index contributed by atoms with van der Waals surface area (Å²) in [5, 5.41) is 10.2. The van der Waals surface area contributed by atoms with Crippen LogP contribution in [-0.2, 0) is 4.79 Å². The first kappa shape index (κ1) is 27.3. The third-order valence-corrected chi connectivity index (χ3v) is 8.59. The van der Waals surface area contributed by atoms with Crippen LogP contribution in [0, 0.1) is 0 Å². The molecule has 0 radical (unpaired) electrons. The fraction of sp³-hybridized carbons (Fsp3) is 0.182. The van der Waals surface area contributed by atoms with Crippen LogP contribution in [-0.4, -0.2) is 62.4 Å². The molecule has 4 aromatic carbocycles. The SMILES string of the molecule is O=C(CSc1nnc(-c2ccccc2Cl)n1-c1ccccc1)N1CCN(C(c2ccccc2)c2ccccc2)CC1. The van der Waals surface area contributed by atoms with Crippen molar-refractivity contribution in [2.45, 2.75) is 11.2 Å². The number of carbonyl (C=O) groups is 1. The molecule has 206 valence electrons. The Morgan fingerprint density at radius 3 is 1.90 bits per heavy atom. The maximum atomic E-state index is 13.4. The van der Waals surface area contributed by atoms with Gasteiger partial charge in [-0.3, -0.25) is 14.3 Å². The van der Waals surface area contributed by atoms with Crippen LogP contribution >= 0.6 is 23.4 Å². The van der Waals surface area contributed by atoms with E-state index >= 15 is 0 Å². The molecule has 1 saturated heterocycles. The number of halogens is 1. The van der Waals surface area contributed by atoms with E-state index in [1.54, 1.807) is 0 Å². The second-order valence-corrected chi connectivity index (χ2v) is 11.2. The summed E-state index contributed by atoms with van der Waals surface area (Å²) in [5.74, 6) is 1.04. The lowest BCUT2D eigenvalue weighted by molar-refractivity contribution is -0.130. The lowest BCUT2D eigenvalue weighted by atomic mass is 9.96. The normalized spacial score (nSPS) is 14.0. The first-order valence-corrected chi connectivity index (χ1v) is 15.1. The van der Waals surface area contributed by atoms with Crippen molar-refractivity contribution in [2.24, 2.45) is 0 Å². The molecule has 0 unspecified atom stereocenters. The van der Waals surface area contributed by atoms with Crippen molar-refractivity contribution in [2.75, 3.05) is 31.9 Å². The van der Waals surface area contributed by atoms with Gasteiger partial charge < -0.3 is 4.90 Å². The van der Waals surface area contributed by atoms with Crippen molar-refractivity contribution in [3.05, 3.63) is 131 Å². The van der Waals surface area contributed by atoms with Gasteiger partial charge in [-0.05, 0) is 35.4 Å². The fourth-order valence-corrected chi connectivity index (χ4v) is 6.40. The van der Waals surface area contributed by atoms with Crippen LogP contribution in [0.25, 0.3) is 17.1 Å². The molecule has 2 heterocycles. The Labute approximate surface area is 249 Å². The molecular weight excluding hydrogens is 550 g/mol. The molecule has 1 amide bonds. The summed E-state index contributed by atoms with van der Waals surface area (Å²) < 4.78 is 1.97. The minimum atomic E-state index is 0.104. The number of thioether (sulfide) groups is 1. The Kier molecular flexibility index (Phi) is 8.46. The fourth-order valence-electron chi connectivity index (χ4n) is 5.32. The third kappa shape index (κ3) is 6.07. The molecule has 1 aliphatic heterocycles. The number of hydrogen-bond donors (Lipinski definition) is 0. The van der Waals surface area contributed by atoms with Gasteiger partial charge in [0.1, 0.15) is 0 Å². The summed E-state index contributed by atoms with van der Waals surface area (Å²) in [6.07, 6.45) is 0. The quantitative estimate of drug-likeness (QED) is 0.194. The summed E-state index contributed by atoms with van der Waals surface area (Å²) >= 11 is 7.92. The van der Waals surface area contributed by atoms with Gasteiger partial charge in [0.15, 0.2) is 11.0 Å². The number of amides is 1. The van der Waals surface area contributed by atoms with Crippen molar-refractivity contribution in [1.82, 2.24) is 24.6 Å². The predicted octanol–water partition coefficient (Wildman–Crippen LogP) is 6.61. The highest BCUT2D eigenvalue weighted by Gasteiger charge is 2.28. The van der Waals surface area contributed by atoms with Gasteiger partial charge in [0.05, 0.1) is 16.8 Å². The van der Waals surface area contributed by atoms with Crippen LogP contribution in [0.1, 0.15) is 17.2 Å². The van der Waals surface area contributed by atoms with Crippen LogP contribution in [0.15, 0.2) is 120 Å². The van der Waals surface area contributed by atoms with Crippen LogP contribution in [0.5, 0.6) is 0 Å². The molecule has 0 spiro atoms. The Balaban J connectivity index is 1.15. The predicted molar refractivity (Wildman–Crippen MR) is 165 cm³/mol. The van der Waals surface area contributed by atoms with E-state index in [0.717, 1.165) is 24.3 Å². The Hall–Kier alpha value is -3.91. The lowest BCUT2D eigenvalue weighted by Gasteiger charge is -2.39. The highest BCUT2D eigenvalue weighted by Crippen LogP contribution is 2.33. The topological polar surface area (TPSA) is 54.3 Å². The number of rotatable bonds is 8. The highest BCUT2D eigenvalue weighted by atomic mass is 35.5. The number of hydrogen-bond acceptors (Lipinski definition) is 5. The van der Waals surface area contributed by atoms with Gasteiger partial charge in [-0.2, -0.15) is 0 Å². The number of piperazine rings is 1. The average Bonchev–Trinajstić information content (AvgIpc) is 3.46. The Morgan fingerprint density at radius 1 is 0.732 bits per heavy atom. The third-order valence-electron chi connectivity index (χ3n) is 7.35. The summed E-state index contributed by atoms with van der Waals surface area (Å²) in [6.45, 7) is 2.99. The summed E-state index contributed by atoms with van der Waals surface area (Å²) in [5.41, 5.74) is 4.25. The summed E-state index contributed by atoms with van der Waals surface area (Å²) in [4.78, 5) is 17.8. The molecule has 1 aromatic heterocycles. The minimum absolute atomic E-state index is 0.104. The van der Waals surface area contributed by atoms with E-state index in [1.165, 1.54) is 22.9 Å². The van der Waals surface area contributed by atoms with E-state index in [-0.39, 0.29) is 17.7 Å². The number of aromatic nitrogens is 3. The van der Waals surface area contributed by atoms with E-state index in [4.69, 9.17) is 11.6 Å². The maximum Gasteiger partial charge on any atom is 0.233 e. The summed E-state index contributed by atoms with van der Waals surface area (Å²) in [7, 11) is 0. The molecule has 1 aliphatic rings. The minimum Gasteiger partial charge on any atom is -0.339 e. The van der Waals surface area contributed by atoms with Gasteiger partial charge in [0, 0.05) is 37.4 Å². The largest absolute Gasteiger partial charge is 0.339 e. The first-order valence-electron chi connectivity index (χ1n) is 13.7. The Morgan fingerprint density at radius 2 is 1.29 bits per heavy atom. The van der Waals surface area contributed by atoms with Gasteiger partial charge in [0.25, 0.3) is 0 Å². The highest BCUT2D eigenvalue weighted by molar-refractivity contribution is 7.99. The van der Waals surface area contributed by atoms with E-state index < -0.39 is 0 Å². The standard InChI is InChI=1S/C33H30ClN5OS/c34-29-19-11-10-18-28(29)32-35-36-33(39(32)27-16-8-3-9-17-27)41-24-30(40)37-20-22-38(23-21-37)31(25-12-4-1-5-13-25)26-14-6-2-7-15-26/h1-19,31H,20-24H2. The van der Waals surface area contributed by atoms with E-state index in [1.807, 2.05) is 64.1 Å². The zero-order chi connectivity index (χ0) is 28.0. The molecule has 0 saturated carbocycles. The smallest absolute Gasteiger partial charge is 0.233 e. The Bertz CT molecular complexity index is 1550. The van der Waals surface area contributed by atoms with Crippen molar-refractivity contribution in [3.63, 3.8) is 0 Å². The van der Waals surface area contributed by atoms with Crippen LogP contribution in [0.4, 0.5) is 0 Å². The van der Waals surface area contributed by atoms with Gasteiger partial charge in [-0.25, -0.2) is 0 Å². The second kappa shape index (κ2) is 12.7. The molecule has 6 nitrogen and oxygen atoms in total. The maximum absolute atomic E-state index is 13.4. The first-order chi connectivity index (χ1) is 20.2. The molecule has 0 aliphatic carbocycles. The van der Waals surface area contributed by atoms with Gasteiger partial charge in [0.2, 0.25) is 5.91 Å². The molecule has 5 aromatic rings. The number of benzene rings is 4. The van der Waals surface area contributed by atoms with Crippen molar-refractivity contribution >= 4 is 29.3 Å². The number of carbonyl (C=O) groups excluding carboxylic acids is 1. The van der Waals surface area contributed by atoms with Crippen molar-refractivity contribution < 1.29 is 4.79 Å². The monoisotopic (exact) mass is 579 g/mol. The average molecular weight is 580 g/mol. The molecule has 41 heavy (non-hydrogen) atoms. The van der Waals surface area contributed by atoms with Gasteiger partial charge >= 0.3 is 0 Å². The van der Waals surface area contributed by atoms with Crippen LogP contribution in [0.2, 0.25) is 5.02 Å². The van der Waals surface area contributed by atoms with Crippen molar-refractivity contribution in [3.8, 4) is 17.1 Å². The van der Waals surface area contributed by atoms with Crippen LogP contribution < -0.4 is 0 Å². The lowest BCUT2D eigenvalue weighted by Crippen LogP contribution is -2.50. The molecule has 6 rings (SSSR count). The molecular formula is C33H30ClN5OS. The van der Waals surface area contributed by atoms with Gasteiger partial charge in [-0.1, -0.05) is 114 Å². The molecule has 0 bridgehead atoms. The van der Waals surface area contributed by atoms with E-state index in [9.17, 15) is 4.79 Å². The zero-order valence-corrected chi connectivity index (χ0v) is 24.1. The van der Waals surface area contributed by atoms with E-state index in [0.29, 0.717) is 29.1 Å². The van der Waals surface area contributed by atoms with Gasteiger partial charge in [-0.15, -0.1) is 10.2 Å². The van der Waals surface area contributed by atoms with E-state index in [2.05, 4.69) is 75.8 Å². The molecule has 0 N–H and O–H groups in total. The van der Waals surface area contributed by atoms with Crippen molar-refractivity contribution in [1.29, 1.82) is 0 Å². The number of para-hydroxylation sites is 1.